The van der Waals surface area contributed by atoms with Crippen LogP contribution < -0.4 is 25.4 Å². The Morgan fingerprint density at radius 3 is 2.46 bits per heavy atom. The molecule has 67 heavy (non-hydrogen) atoms. The van der Waals surface area contributed by atoms with Crippen molar-refractivity contribution in [1.29, 1.82) is 0 Å². The van der Waals surface area contributed by atoms with Crippen LogP contribution in [0.5, 0.6) is 11.5 Å². The molecule has 3 saturated heterocycles. The summed E-state index contributed by atoms with van der Waals surface area (Å²) in [4.78, 5) is 46.7. The van der Waals surface area contributed by atoms with E-state index in [-0.39, 0.29) is 53.9 Å². The van der Waals surface area contributed by atoms with Crippen molar-refractivity contribution < 1.29 is 27.1 Å². The van der Waals surface area contributed by atoms with Crippen molar-refractivity contribution in [2.45, 2.75) is 93.8 Å². The maximum absolute atomic E-state index is 15.8. The molecule has 3 aliphatic heterocycles. The molecule has 4 fully saturated rings. The highest BCUT2D eigenvalue weighted by molar-refractivity contribution is 7.90. The highest BCUT2D eigenvalue weighted by atomic mass is 32.2. The molecule has 1 aliphatic carbocycles. The van der Waals surface area contributed by atoms with Crippen molar-refractivity contribution in [1.82, 2.24) is 34.4 Å². The van der Waals surface area contributed by atoms with Gasteiger partial charge in [0.05, 0.1) is 40.9 Å². The normalized spacial score (nSPS) is 19.8. The van der Waals surface area contributed by atoms with E-state index in [4.69, 9.17) is 10.5 Å². The molecule has 15 nitrogen and oxygen atoms in total. The van der Waals surface area contributed by atoms with E-state index in [9.17, 15) is 18.0 Å². The highest BCUT2D eigenvalue weighted by Crippen LogP contribution is 2.54. The molecule has 0 radical (unpaired) electrons. The van der Waals surface area contributed by atoms with Gasteiger partial charge in [0.25, 0.3) is 15.9 Å². The number of nitrogens with two attached hydrogens (primary N) is 1. The average Bonchev–Trinajstić information content (AvgIpc) is 3.98. The molecule has 2 amide bonds. The Morgan fingerprint density at radius 2 is 1.73 bits per heavy atom. The summed E-state index contributed by atoms with van der Waals surface area (Å²) in [6.45, 7) is 8.16. The molecule has 2 aromatic carbocycles. The van der Waals surface area contributed by atoms with E-state index in [1.807, 2.05) is 20.2 Å². The zero-order valence-electron chi connectivity index (χ0n) is 38.9. The number of carbonyl (C=O) groups excluding carboxylic acids is 2. The van der Waals surface area contributed by atoms with Crippen molar-refractivity contribution in [3.05, 3.63) is 96.1 Å². The molecule has 4 aliphatic rings. The monoisotopic (exact) mass is 934 g/mol. The summed E-state index contributed by atoms with van der Waals surface area (Å²) in [5.74, 6) is -0.0971. The van der Waals surface area contributed by atoms with Crippen molar-refractivity contribution in [3.63, 3.8) is 0 Å². The largest absolute Gasteiger partial charge is 0.453 e. The maximum atomic E-state index is 15.8. The minimum Gasteiger partial charge on any atom is -0.453 e. The summed E-state index contributed by atoms with van der Waals surface area (Å²) in [6, 6.07) is 19.4. The minimum atomic E-state index is -4.45. The number of hydrogen-bond donors (Lipinski definition) is 4. The molecule has 5 N–H and O–H groups in total. The fourth-order valence-electron chi connectivity index (χ4n) is 10.7. The number of alkyl halides is 1. The number of piperidine rings is 2. The van der Waals surface area contributed by atoms with Crippen LogP contribution in [0.2, 0.25) is 0 Å². The van der Waals surface area contributed by atoms with Crippen LogP contribution >= 0.6 is 0 Å². The van der Waals surface area contributed by atoms with Crippen LogP contribution in [0.3, 0.4) is 0 Å². The summed E-state index contributed by atoms with van der Waals surface area (Å²) in [5, 5.41) is 3.82. The van der Waals surface area contributed by atoms with Crippen molar-refractivity contribution in [2.24, 2.45) is 5.41 Å². The zero-order chi connectivity index (χ0) is 47.1. The topological polar surface area (TPSA) is 182 Å². The van der Waals surface area contributed by atoms with Gasteiger partial charge in [-0.15, -0.1) is 0 Å². The molecule has 9 rings (SSSR count). The van der Waals surface area contributed by atoms with Gasteiger partial charge in [-0.25, -0.2) is 27.5 Å². The van der Waals surface area contributed by atoms with Crippen molar-refractivity contribution >= 4 is 49.9 Å². The number of nitrogens with zero attached hydrogens (tertiary/aromatic N) is 6. The number of hydrogen-bond acceptors (Lipinski definition) is 12. The number of rotatable bonds is 14. The number of nitrogen functional groups attached to an aromatic ring is 1. The fourth-order valence-corrected chi connectivity index (χ4v) is 11.7. The summed E-state index contributed by atoms with van der Waals surface area (Å²) < 4.78 is 51.7. The second-order valence-electron chi connectivity index (χ2n) is 19.8. The van der Waals surface area contributed by atoms with E-state index in [0.29, 0.717) is 53.6 Å². The van der Waals surface area contributed by atoms with E-state index < -0.39 is 21.6 Å². The number of sulfonamides is 1. The summed E-state index contributed by atoms with van der Waals surface area (Å²) >= 11 is 0. The Hall–Kier alpha value is -5.78. The predicted octanol–water partition coefficient (Wildman–Crippen LogP) is 7.46. The number of aromatic amines is 1. The molecule has 1 saturated carbocycles. The summed E-state index contributed by atoms with van der Waals surface area (Å²) in [7, 11) is -0.824. The van der Waals surface area contributed by atoms with Crippen molar-refractivity contribution in [2.75, 3.05) is 75.9 Å². The summed E-state index contributed by atoms with van der Waals surface area (Å²) in [5.41, 5.74) is 9.60. The molecule has 0 bridgehead atoms. The van der Waals surface area contributed by atoms with Gasteiger partial charge in [-0.3, -0.25) is 14.5 Å². The lowest BCUT2D eigenvalue weighted by Crippen LogP contribution is -2.55. The number of likely N-dealkylation sites (N-methyl/N-ethyl adjacent to an activating group) is 1. The quantitative estimate of drug-likeness (QED) is 0.0809. The van der Waals surface area contributed by atoms with Crippen LogP contribution in [-0.4, -0.2) is 122 Å². The summed E-state index contributed by atoms with van der Waals surface area (Å²) in [6.07, 6.45) is 12.1. The van der Waals surface area contributed by atoms with E-state index >= 15 is 4.39 Å². The van der Waals surface area contributed by atoms with Gasteiger partial charge >= 0.3 is 0 Å². The number of pyridine rings is 2. The van der Waals surface area contributed by atoms with Gasteiger partial charge < -0.3 is 35.5 Å². The number of anilines is 3. The first-order valence-corrected chi connectivity index (χ1v) is 25.1. The number of amides is 2. The van der Waals surface area contributed by atoms with Crippen LogP contribution in [0.25, 0.3) is 11.0 Å². The minimum absolute atomic E-state index is 0.0422. The fraction of sp³-hybridized carbons (Fsp3) is 0.480. The van der Waals surface area contributed by atoms with Gasteiger partial charge in [-0.1, -0.05) is 38.1 Å². The number of H-pyrrole nitrogens is 1. The lowest BCUT2D eigenvalue weighted by molar-refractivity contribution is -0.134. The molecular weight excluding hydrogens is 872 g/mol. The van der Waals surface area contributed by atoms with Gasteiger partial charge in [0.2, 0.25) is 5.91 Å². The number of aromatic nitrogens is 3. The van der Waals surface area contributed by atoms with Crippen molar-refractivity contribution in [3.8, 4) is 11.5 Å². The molecule has 1 atom stereocenters. The van der Waals surface area contributed by atoms with E-state index in [2.05, 4.69) is 72.9 Å². The van der Waals surface area contributed by atoms with Crippen LogP contribution in [0.15, 0.2) is 84.1 Å². The Morgan fingerprint density at radius 1 is 0.970 bits per heavy atom. The molecule has 3 aromatic heterocycles. The number of benzene rings is 2. The first-order valence-electron chi connectivity index (χ1n) is 23.6. The molecule has 6 heterocycles. The molecule has 1 unspecified atom stereocenters. The Kier molecular flexibility index (Phi) is 12.9. The van der Waals surface area contributed by atoms with Gasteiger partial charge in [-0.2, -0.15) is 0 Å². The van der Waals surface area contributed by atoms with Crippen LogP contribution in [0.1, 0.15) is 98.8 Å². The standard InChI is InChI=1S/C50H63FN10O5S/c1-33(2)39-8-5-6-9-40(39)43-10-7-19-61(43)36-27-49(28-36)14-20-59(21-15-49)35-25-44(66-37-24-34-13-18-53-47(34)55-30-37)46(54-29-35)48(63)57-67(64,65)38-11-12-42(41(52)26-38)56-32-50(51)16-22-60(23-17-50)45(62)31-58(3)4/h5-6,8-9,11-13,18,24-26,29-30,33,36,43,56H,7,10,14-17,19-23,27-28,31-32,52H2,1-4H3,(H,53,55)(H,57,63). The van der Waals surface area contributed by atoms with Gasteiger partial charge in [0, 0.05) is 75.3 Å². The van der Waals surface area contributed by atoms with Crippen LogP contribution in [0, 0.1) is 5.41 Å². The number of likely N-dealkylation sites (tertiary alicyclic amines) is 2. The Balaban J connectivity index is 0.859. The van der Waals surface area contributed by atoms with Gasteiger partial charge in [-0.05, 0) is 112 Å². The lowest BCUT2D eigenvalue weighted by Gasteiger charge is -2.56. The maximum Gasteiger partial charge on any atom is 0.287 e. The number of ether oxygens (including phenoxy) is 1. The average molecular weight is 935 g/mol. The lowest BCUT2D eigenvalue weighted by atomic mass is 9.59. The smallest absolute Gasteiger partial charge is 0.287 e. The van der Waals surface area contributed by atoms with Crippen LogP contribution in [0.4, 0.5) is 21.5 Å². The number of fused-ring (bicyclic) bond motifs is 1. The molecule has 356 valence electrons. The second kappa shape index (κ2) is 18.7. The molecule has 5 aromatic rings. The number of carbonyl (C=O) groups is 2. The van der Waals surface area contributed by atoms with E-state index in [1.165, 1.54) is 61.2 Å². The van der Waals surface area contributed by atoms with E-state index in [1.54, 1.807) is 34.3 Å². The van der Waals surface area contributed by atoms with Gasteiger partial charge in [0.1, 0.15) is 17.1 Å². The first kappa shape index (κ1) is 46.3. The predicted molar refractivity (Wildman–Crippen MR) is 259 cm³/mol. The Bertz CT molecular complexity index is 2720. The first-order chi connectivity index (χ1) is 32.1. The second-order valence-corrected chi connectivity index (χ2v) is 21.4. The SMILES string of the molecule is CC(C)c1ccccc1C1CCCN1C1CC2(CCN(c3cnc(C(=O)NS(=O)(=O)c4ccc(NCC5(F)CCN(C(=O)CN(C)C)CC5)c(N)c4)c(Oc4cnc5[nH]ccc5c4)c3)CC2)C1. The number of halogens is 1. The third-order valence-corrected chi connectivity index (χ3v) is 15.9. The highest BCUT2D eigenvalue weighted by Gasteiger charge is 2.50. The zero-order valence-corrected chi connectivity index (χ0v) is 39.7. The molecule has 1 spiro atoms. The molecule has 17 heteroatoms. The third-order valence-electron chi connectivity index (χ3n) is 14.5. The Labute approximate surface area is 392 Å². The molecular formula is C50H63FN10O5S. The van der Waals surface area contributed by atoms with E-state index in [0.717, 1.165) is 43.5 Å². The third kappa shape index (κ3) is 9.95. The van der Waals surface area contributed by atoms with Crippen LogP contribution in [-0.2, 0) is 14.8 Å². The van der Waals surface area contributed by atoms with Gasteiger partial charge in [0.15, 0.2) is 11.4 Å². The number of nitrogens with one attached hydrogen (secondary N) is 3.